The van der Waals surface area contributed by atoms with Gasteiger partial charge in [0.25, 0.3) is 0 Å². The third kappa shape index (κ3) is 2.81. The van der Waals surface area contributed by atoms with E-state index in [0.717, 1.165) is 59.8 Å². The SMILES string of the molecule is CN(C)c1ccc2nnc(C3CCN(c4nncc5ccccc45)CC3)n2n1. The highest BCUT2D eigenvalue weighted by molar-refractivity contribution is 5.91. The molecule has 0 spiro atoms. The molecule has 1 aliphatic rings. The van der Waals surface area contributed by atoms with Crippen molar-refractivity contribution in [1.29, 1.82) is 0 Å². The van der Waals surface area contributed by atoms with Gasteiger partial charge in [-0.25, -0.2) is 0 Å². The van der Waals surface area contributed by atoms with Crippen molar-refractivity contribution in [1.82, 2.24) is 30.0 Å². The van der Waals surface area contributed by atoms with E-state index in [1.807, 2.05) is 47.9 Å². The summed E-state index contributed by atoms with van der Waals surface area (Å²) in [4.78, 5) is 4.32. The van der Waals surface area contributed by atoms with Gasteiger partial charge in [0.15, 0.2) is 17.3 Å². The molecule has 3 aromatic heterocycles. The highest BCUT2D eigenvalue weighted by Crippen LogP contribution is 2.31. The van der Waals surface area contributed by atoms with Gasteiger partial charge < -0.3 is 9.80 Å². The van der Waals surface area contributed by atoms with Gasteiger partial charge in [-0.15, -0.1) is 20.4 Å². The molecule has 0 bridgehead atoms. The van der Waals surface area contributed by atoms with E-state index in [-0.39, 0.29) is 0 Å². The topological polar surface area (TPSA) is 75.3 Å². The first-order valence-corrected chi connectivity index (χ1v) is 9.56. The number of rotatable bonds is 3. The van der Waals surface area contributed by atoms with Crippen molar-refractivity contribution in [2.24, 2.45) is 0 Å². The molecule has 0 amide bonds. The maximum Gasteiger partial charge on any atom is 0.178 e. The first-order chi connectivity index (χ1) is 13.7. The van der Waals surface area contributed by atoms with Crippen molar-refractivity contribution in [2.75, 3.05) is 37.0 Å². The van der Waals surface area contributed by atoms with Crippen molar-refractivity contribution in [3.8, 4) is 0 Å². The fourth-order valence-electron chi connectivity index (χ4n) is 3.88. The fraction of sp³-hybridized carbons (Fsp3) is 0.350. The maximum absolute atomic E-state index is 4.71. The summed E-state index contributed by atoms with van der Waals surface area (Å²) >= 11 is 0. The maximum atomic E-state index is 4.71. The number of benzene rings is 1. The molecule has 0 saturated carbocycles. The zero-order valence-corrected chi connectivity index (χ0v) is 16.0. The third-order valence-corrected chi connectivity index (χ3v) is 5.44. The van der Waals surface area contributed by atoms with Gasteiger partial charge >= 0.3 is 0 Å². The second kappa shape index (κ2) is 6.70. The largest absolute Gasteiger partial charge is 0.361 e. The van der Waals surface area contributed by atoms with Gasteiger partial charge in [-0.2, -0.15) is 9.61 Å². The predicted molar refractivity (Wildman–Crippen MR) is 109 cm³/mol. The Kier molecular flexibility index (Phi) is 4.03. The van der Waals surface area contributed by atoms with Crippen LogP contribution in [0.3, 0.4) is 0 Å². The average molecular weight is 374 g/mol. The number of anilines is 2. The molecule has 0 unspecified atom stereocenters. The summed E-state index contributed by atoms with van der Waals surface area (Å²) in [7, 11) is 3.98. The Labute approximate surface area is 162 Å². The highest BCUT2D eigenvalue weighted by Gasteiger charge is 2.26. The second-order valence-corrected chi connectivity index (χ2v) is 7.43. The summed E-state index contributed by atoms with van der Waals surface area (Å²) in [5.41, 5.74) is 0.794. The van der Waals surface area contributed by atoms with E-state index < -0.39 is 0 Å². The molecule has 142 valence electrons. The van der Waals surface area contributed by atoms with Crippen LogP contribution in [0.5, 0.6) is 0 Å². The number of nitrogens with zero attached hydrogens (tertiary/aromatic N) is 8. The Hall–Kier alpha value is -3.29. The van der Waals surface area contributed by atoms with Gasteiger partial charge in [-0.1, -0.05) is 24.3 Å². The van der Waals surface area contributed by atoms with E-state index >= 15 is 0 Å². The van der Waals surface area contributed by atoms with Crippen LogP contribution in [-0.4, -0.2) is 57.2 Å². The molecule has 28 heavy (non-hydrogen) atoms. The Morgan fingerprint density at radius 1 is 0.964 bits per heavy atom. The van der Waals surface area contributed by atoms with Gasteiger partial charge in [0, 0.05) is 43.9 Å². The molecule has 0 aliphatic carbocycles. The van der Waals surface area contributed by atoms with Crippen LogP contribution in [0.2, 0.25) is 0 Å². The number of hydrogen-bond donors (Lipinski definition) is 0. The molecular formula is C20H22N8. The monoisotopic (exact) mass is 374 g/mol. The number of fused-ring (bicyclic) bond motifs is 2. The quantitative estimate of drug-likeness (QED) is 0.545. The third-order valence-electron chi connectivity index (χ3n) is 5.44. The van der Waals surface area contributed by atoms with Crippen LogP contribution in [0.4, 0.5) is 11.6 Å². The molecule has 0 N–H and O–H groups in total. The van der Waals surface area contributed by atoms with Crippen LogP contribution in [0.15, 0.2) is 42.6 Å². The predicted octanol–water partition coefficient (Wildman–Crippen LogP) is 2.52. The van der Waals surface area contributed by atoms with E-state index in [1.165, 1.54) is 0 Å². The fourth-order valence-corrected chi connectivity index (χ4v) is 3.88. The molecule has 4 aromatic rings. The molecule has 0 radical (unpaired) electrons. The molecule has 1 fully saturated rings. The molecule has 1 aliphatic heterocycles. The molecule has 5 rings (SSSR count). The lowest BCUT2D eigenvalue weighted by atomic mass is 9.96. The molecule has 1 aromatic carbocycles. The summed E-state index contributed by atoms with van der Waals surface area (Å²) in [6, 6.07) is 12.2. The van der Waals surface area contributed by atoms with Crippen molar-refractivity contribution in [3.05, 3.63) is 48.4 Å². The molecular weight excluding hydrogens is 352 g/mol. The molecule has 4 heterocycles. The lowest BCUT2D eigenvalue weighted by molar-refractivity contribution is 0.475. The van der Waals surface area contributed by atoms with Crippen LogP contribution < -0.4 is 9.80 Å². The summed E-state index contributed by atoms with van der Waals surface area (Å²) in [6.07, 6.45) is 3.79. The van der Waals surface area contributed by atoms with Crippen LogP contribution in [-0.2, 0) is 0 Å². The normalized spacial score (nSPS) is 15.4. The minimum Gasteiger partial charge on any atom is -0.361 e. The number of aromatic nitrogens is 6. The second-order valence-electron chi connectivity index (χ2n) is 7.43. The van der Waals surface area contributed by atoms with E-state index in [9.17, 15) is 0 Å². The molecule has 0 atom stereocenters. The van der Waals surface area contributed by atoms with Gasteiger partial charge in [0.1, 0.15) is 5.82 Å². The number of hydrogen-bond acceptors (Lipinski definition) is 7. The van der Waals surface area contributed by atoms with Crippen molar-refractivity contribution < 1.29 is 0 Å². The first-order valence-electron chi connectivity index (χ1n) is 9.56. The molecule has 8 heteroatoms. The zero-order valence-electron chi connectivity index (χ0n) is 16.0. The van der Waals surface area contributed by atoms with Crippen LogP contribution >= 0.6 is 0 Å². The average Bonchev–Trinajstić information content (AvgIpc) is 3.17. The smallest absolute Gasteiger partial charge is 0.178 e. The zero-order chi connectivity index (χ0) is 19.1. The lowest BCUT2D eigenvalue weighted by Crippen LogP contribution is -2.34. The van der Waals surface area contributed by atoms with Crippen LogP contribution in [0.25, 0.3) is 16.4 Å². The summed E-state index contributed by atoms with van der Waals surface area (Å²) in [6.45, 7) is 1.82. The summed E-state index contributed by atoms with van der Waals surface area (Å²) < 4.78 is 1.90. The van der Waals surface area contributed by atoms with Crippen LogP contribution in [0.1, 0.15) is 24.6 Å². The van der Waals surface area contributed by atoms with E-state index in [0.29, 0.717) is 5.92 Å². The van der Waals surface area contributed by atoms with Crippen molar-refractivity contribution in [2.45, 2.75) is 18.8 Å². The lowest BCUT2D eigenvalue weighted by Gasteiger charge is -2.32. The first kappa shape index (κ1) is 16.9. The van der Waals surface area contributed by atoms with Gasteiger partial charge in [-0.3, -0.25) is 0 Å². The van der Waals surface area contributed by atoms with Gasteiger partial charge in [-0.05, 0) is 25.0 Å². The van der Waals surface area contributed by atoms with Crippen LogP contribution in [0, 0.1) is 0 Å². The minimum atomic E-state index is 0.332. The molecule has 1 saturated heterocycles. The van der Waals surface area contributed by atoms with Crippen molar-refractivity contribution in [3.63, 3.8) is 0 Å². The molecule has 8 nitrogen and oxygen atoms in total. The Morgan fingerprint density at radius 2 is 1.79 bits per heavy atom. The van der Waals surface area contributed by atoms with Crippen molar-refractivity contribution >= 4 is 28.1 Å². The standard InChI is InChI=1S/C20H22N8/c1-26(2)18-8-7-17-22-24-19(28(17)25-18)14-9-11-27(12-10-14)20-16-6-4-3-5-15(16)13-21-23-20/h3-8,13-14H,9-12H2,1-2H3. The Bertz CT molecular complexity index is 1120. The summed E-state index contributed by atoms with van der Waals surface area (Å²) in [5, 5.41) is 24.4. The highest BCUT2D eigenvalue weighted by atomic mass is 15.4. The van der Waals surface area contributed by atoms with E-state index in [1.54, 1.807) is 0 Å². The van der Waals surface area contributed by atoms with Gasteiger partial charge in [0.2, 0.25) is 0 Å². The number of piperidine rings is 1. The van der Waals surface area contributed by atoms with Gasteiger partial charge in [0.05, 0.1) is 6.20 Å². The Balaban J connectivity index is 1.40. The van der Waals surface area contributed by atoms with E-state index in [4.69, 9.17) is 5.10 Å². The van der Waals surface area contributed by atoms with E-state index in [2.05, 4.69) is 43.5 Å². The summed E-state index contributed by atoms with van der Waals surface area (Å²) in [5.74, 6) is 3.15. The minimum absolute atomic E-state index is 0.332. The Morgan fingerprint density at radius 3 is 2.61 bits per heavy atom.